The number of fused-ring (bicyclic) bond motifs is 3. The molecule has 0 bridgehead atoms. The van der Waals surface area contributed by atoms with Gasteiger partial charge in [-0.15, -0.1) is 0 Å². The second-order valence-electron chi connectivity index (χ2n) is 9.72. The van der Waals surface area contributed by atoms with Gasteiger partial charge in [0.25, 0.3) is 0 Å². The molecule has 1 saturated heterocycles. The number of phenolic OH excluding ortho intramolecular Hbond substituents is 1. The summed E-state index contributed by atoms with van der Waals surface area (Å²) in [6.07, 6.45) is 4.75. The van der Waals surface area contributed by atoms with E-state index in [0.717, 1.165) is 5.57 Å². The van der Waals surface area contributed by atoms with Crippen molar-refractivity contribution in [3.8, 4) is 11.5 Å². The Hall–Kier alpha value is -3.48. The fourth-order valence-electron chi connectivity index (χ4n) is 6.23. The van der Waals surface area contributed by atoms with Crippen LogP contribution in [0.4, 0.5) is 0 Å². The molecule has 7 nitrogen and oxygen atoms in total. The minimum absolute atomic E-state index is 0.0104. The number of amides is 2. The van der Waals surface area contributed by atoms with Gasteiger partial charge in [-0.1, -0.05) is 24.6 Å². The van der Waals surface area contributed by atoms with Gasteiger partial charge in [-0.25, -0.2) is 0 Å². The number of benzene rings is 1. The van der Waals surface area contributed by atoms with E-state index in [2.05, 4.69) is 0 Å². The molecule has 3 aliphatic carbocycles. The third-order valence-corrected chi connectivity index (χ3v) is 7.72. The molecule has 0 saturated carbocycles. The third-order valence-electron chi connectivity index (χ3n) is 7.72. The third kappa shape index (κ3) is 3.48. The number of aromatic hydroxyl groups is 1. The van der Waals surface area contributed by atoms with Crippen molar-refractivity contribution in [1.82, 2.24) is 4.90 Å². The van der Waals surface area contributed by atoms with Crippen molar-refractivity contribution >= 4 is 23.4 Å². The van der Waals surface area contributed by atoms with Crippen molar-refractivity contribution in [2.75, 3.05) is 13.2 Å². The first kappa shape index (κ1) is 23.3. The molecule has 1 heterocycles. The Bertz CT molecular complexity index is 1250. The summed E-state index contributed by atoms with van der Waals surface area (Å²) in [5.41, 5.74) is 2.86. The summed E-state index contributed by atoms with van der Waals surface area (Å²) in [6, 6.07) is 4.97. The lowest BCUT2D eigenvalue weighted by molar-refractivity contribution is -0.140. The second kappa shape index (κ2) is 8.63. The number of carbonyl (C=O) groups excluding carboxylic acids is 4. The van der Waals surface area contributed by atoms with E-state index in [0.29, 0.717) is 54.0 Å². The molecule has 4 unspecified atom stereocenters. The molecule has 2 amide bonds. The topological polar surface area (TPSA) is 101 Å². The van der Waals surface area contributed by atoms with E-state index in [9.17, 15) is 24.3 Å². The predicted molar refractivity (Wildman–Crippen MR) is 128 cm³/mol. The fourth-order valence-corrected chi connectivity index (χ4v) is 6.23. The lowest BCUT2D eigenvalue weighted by Crippen LogP contribution is -2.39. The Morgan fingerprint density at radius 2 is 1.86 bits per heavy atom. The summed E-state index contributed by atoms with van der Waals surface area (Å²) in [5, 5.41) is 10.3. The highest BCUT2D eigenvalue weighted by atomic mass is 16.5. The Morgan fingerprint density at radius 1 is 1.09 bits per heavy atom. The van der Waals surface area contributed by atoms with Gasteiger partial charge in [-0.3, -0.25) is 24.1 Å². The first-order valence-electron chi connectivity index (χ1n) is 12.3. The Labute approximate surface area is 204 Å². The van der Waals surface area contributed by atoms with Crippen molar-refractivity contribution in [3.05, 3.63) is 58.2 Å². The molecule has 1 aliphatic heterocycles. The van der Waals surface area contributed by atoms with Crippen LogP contribution >= 0.6 is 0 Å². The Kier molecular flexibility index (Phi) is 5.74. The largest absolute Gasteiger partial charge is 0.504 e. The Balaban J connectivity index is 1.67. The van der Waals surface area contributed by atoms with E-state index < -0.39 is 17.8 Å². The highest BCUT2D eigenvalue weighted by Gasteiger charge is 2.56. The van der Waals surface area contributed by atoms with E-state index in [1.54, 1.807) is 19.1 Å². The van der Waals surface area contributed by atoms with E-state index in [4.69, 9.17) is 4.74 Å². The Morgan fingerprint density at radius 3 is 2.57 bits per heavy atom. The average molecular weight is 476 g/mol. The number of ether oxygens (including phenoxy) is 1. The van der Waals surface area contributed by atoms with Crippen LogP contribution in [-0.4, -0.2) is 46.5 Å². The minimum atomic E-state index is -0.548. The van der Waals surface area contributed by atoms with Crippen LogP contribution in [0.1, 0.15) is 51.5 Å². The molecule has 0 aromatic heterocycles. The maximum absolute atomic E-state index is 13.4. The van der Waals surface area contributed by atoms with Gasteiger partial charge in [0.15, 0.2) is 23.1 Å². The van der Waals surface area contributed by atoms with Crippen molar-refractivity contribution in [2.24, 2.45) is 17.8 Å². The molecule has 4 aliphatic rings. The summed E-state index contributed by atoms with van der Waals surface area (Å²) in [4.78, 5) is 54.4. The zero-order valence-electron chi connectivity index (χ0n) is 20.2. The van der Waals surface area contributed by atoms with Gasteiger partial charge in [0.05, 0.1) is 18.4 Å². The molecule has 1 aromatic carbocycles. The number of phenols is 1. The molecule has 7 heteroatoms. The first-order valence-corrected chi connectivity index (χ1v) is 12.3. The number of nitrogens with zero attached hydrogens (tertiary/aromatic N) is 1. The zero-order chi connectivity index (χ0) is 25.0. The highest BCUT2D eigenvalue weighted by Crippen LogP contribution is 2.55. The molecular weight excluding hydrogens is 446 g/mol. The van der Waals surface area contributed by atoms with Crippen LogP contribution in [0.3, 0.4) is 0 Å². The molecule has 35 heavy (non-hydrogen) atoms. The lowest BCUT2D eigenvalue weighted by Gasteiger charge is -2.42. The number of ketones is 2. The smallest absolute Gasteiger partial charge is 0.233 e. The normalized spacial score (nSPS) is 27.9. The molecule has 5 rings (SSSR count). The predicted octanol–water partition coefficient (Wildman–Crippen LogP) is 3.63. The standard InChI is InChI=1S/C28H29NO6/c1-4-10-29-27(33)17-8-7-16-18(24(17)28(29)34)13-19-21(31)11-14(3)26(32)25(19)23(16)15-6-9-20(30)22(12-15)35-5-2/h6-7,9,11-12,17-18,23-24,30H,4-5,8,10,13H2,1-3H3. The maximum atomic E-state index is 13.4. The molecule has 0 radical (unpaired) electrons. The number of imide groups is 1. The van der Waals surface area contributed by atoms with Crippen LogP contribution in [0.25, 0.3) is 0 Å². The van der Waals surface area contributed by atoms with Gasteiger partial charge in [0.1, 0.15) is 0 Å². The van der Waals surface area contributed by atoms with Crippen LogP contribution < -0.4 is 4.74 Å². The minimum Gasteiger partial charge on any atom is -0.504 e. The number of carbonyl (C=O) groups is 4. The van der Waals surface area contributed by atoms with Crippen LogP contribution in [0, 0.1) is 17.8 Å². The van der Waals surface area contributed by atoms with Crippen molar-refractivity contribution in [3.63, 3.8) is 0 Å². The number of likely N-dealkylation sites (tertiary alicyclic amines) is 1. The van der Waals surface area contributed by atoms with Crippen molar-refractivity contribution in [1.29, 1.82) is 0 Å². The molecule has 1 aromatic rings. The van der Waals surface area contributed by atoms with Gasteiger partial charge in [-0.05, 0) is 62.8 Å². The van der Waals surface area contributed by atoms with Gasteiger partial charge >= 0.3 is 0 Å². The van der Waals surface area contributed by atoms with Crippen LogP contribution in [0.15, 0.2) is 52.6 Å². The van der Waals surface area contributed by atoms with E-state index in [1.807, 2.05) is 19.9 Å². The molecule has 4 atom stereocenters. The van der Waals surface area contributed by atoms with Crippen molar-refractivity contribution in [2.45, 2.75) is 46.0 Å². The first-order chi connectivity index (χ1) is 16.8. The summed E-state index contributed by atoms with van der Waals surface area (Å²) in [5.74, 6) is -2.29. The number of allylic oxidation sites excluding steroid dienone is 6. The maximum Gasteiger partial charge on any atom is 0.233 e. The summed E-state index contributed by atoms with van der Waals surface area (Å²) < 4.78 is 5.60. The van der Waals surface area contributed by atoms with Crippen LogP contribution in [-0.2, 0) is 19.2 Å². The molecule has 0 spiro atoms. The highest BCUT2D eigenvalue weighted by molar-refractivity contribution is 6.23. The molecular formula is C28H29NO6. The number of Topliss-reactive ketones (excluding diaryl/α,β-unsaturated/α-hetero) is 1. The second-order valence-corrected chi connectivity index (χ2v) is 9.72. The zero-order valence-corrected chi connectivity index (χ0v) is 20.2. The van der Waals surface area contributed by atoms with Gasteiger partial charge < -0.3 is 9.84 Å². The van der Waals surface area contributed by atoms with E-state index in [-0.39, 0.29) is 41.5 Å². The number of hydrogen-bond acceptors (Lipinski definition) is 6. The summed E-state index contributed by atoms with van der Waals surface area (Å²) in [7, 11) is 0. The summed E-state index contributed by atoms with van der Waals surface area (Å²) in [6.45, 7) is 6.13. The monoisotopic (exact) mass is 475 g/mol. The van der Waals surface area contributed by atoms with Crippen LogP contribution in [0.2, 0.25) is 0 Å². The van der Waals surface area contributed by atoms with Crippen LogP contribution in [0.5, 0.6) is 11.5 Å². The fraction of sp³-hybridized carbons (Fsp3) is 0.429. The quantitative estimate of drug-likeness (QED) is 0.397. The van der Waals surface area contributed by atoms with E-state index in [1.165, 1.54) is 17.0 Å². The van der Waals surface area contributed by atoms with E-state index >= 15 is 0 Å². The molecule has 1 fully saturated rings. The van der Waals surface area contributed by atoms with Gasteiger partial charge in [0.2, 0.25) is 11.8 Å². The SMILES string of the molecule is CCCN1C(=O)C2CC=C3C(c4ccc(O)c(OCC)c4)C4=C(CC3C2C1=O)C(=O)C=C(C)C4=O. The molecule has 1 N–H and O–H groups in total. The van der Waals surface area contributed by atoms with Crippen molar-refractivity contribution < 1.29 is 29.0 Å². The lowest BCUT2D eigenvalue weighted by atomic mass is 9.59. The van der Waals surface area contributed by atoms with Gasteiger partial charge in [0, 0.05) is 29.2 Å². The number of hydrogen-bond donors (Lipinski definition) is 1. The molecule has 182 valence electrons. The average Bonchev–Trinajstić information content (AvgIpc) is 3.08. The summed E-state index contributed by atoms with van der Waals surface area (Å²) >= 11 is 0. The number of rotatable bonds is 5. The van der Waals surface area contributed by atoms with Gasteiger partial charge in [-0.2, -0.15) is 0 Å².